The van der Waals surface area contributed by atoms with Crippen LogP contribution in [0.4, 0.5) is 4.39 Å². The first-order chi connectivity index (χ1) is 16.5. The Hall–Kier alpha value is -4.01. The van der Waals surface area contributed by atoms with Crippen LogP contribution in [0.2, 0.25) is 5.02 Å². The van der Waals surface area contributed by atoms with Gasteiger partial charge in [0.1, 0.15) is 11.5 Å². The van der Waals surface area contributed by atoms with E-state index in [0.29, 0.717) is 10.8 Å². The molecule has 34 heavy (non-hydrogen) atoms. The topological polar surface area (TPSA) is 71.5 Å². The molecule has 0 spiro atoms. The van der Waals surface area contributed by atoms with E-state index >= 15 is 0 Å². The van der Waals surface area contributed by atoms with Gasteiger partial charge in [0.15, 0.2) is 0 Å². The summed E-state index contributed by atoms with van der Waals surface area (Å²) in [6.45, 7) is 0.785. The molecule has 0 aliphatic carbocycles. The first-order valence-electron chi connectivity index (χ1n) is 10.6. The summed E-state index contributed by atoms with van der Waals surface area (Å²) in [5, 5.41) is 6.27. The van der Waals surface area contributed by atoms with Gasteiger partial charge in [0.2, 0.25) is 5.82 Å². The summed E-state index contributed by atoms with van der Waals surface area (Å²) in [7, 11) is 1.98. The minimum absolute atomic E-state index is 0.101. The van der Waals surface area contributed by atoms with E-state index in [4.69, 9.17) is 16.1 Å². The first kappa shape index (κ1) is 20.6. The monoisotopic (exact) mass is 472 g/mol. The minimum Gasteiger partial charge on any atom is -0.334 e. The highest BCUT2D eigenvalue weighted by Crippen LogP contribution is 2.29. The molecule has 9 heteroatoms. The maximum absolute atomic E-state index is 14.2. The van der Waals surface area contributed by atoms with Crippen LogP contribution in [0.25, 0.3) is 45.3 Å². The van der Waals surface area contributed by atoms with E-state index in [1.165, 1.54) is 17.7 Å². The highest BCUT2D eigenvalue weighted by molar-refractivity contribution is 6.30. The molecule has 1 N–H and O–H groups in total. The van der Waals surface area contributed by atoms with Crippen molar-refractivity contribution in [2.45, 2.75) is 0 Å². The number of hydrogen-bond donors (Lipinski definition) is 1. The van der Waals surface area contributed by atoms with Gasteiger partial charge in [-0.2, -0.15) is 4.98 Å². The SMILES string of the molecule is CN1C=C(c2ccc3ncc(-c4ccc(-c5noc(-c6ccc(Cl)cc6F)n5)cc4)n3c2)CN1. The zero-order chi connectivity index (χ0) is 23.2. The summed E-state index contributed by atoms with van der Waals surface area (Å²) in [4.78, 5) is 8.89. The van der Waals surface area contributed by atoms with Crippen LogP contribution >= 0.6 is 11.6 Å². The van der Waals surface area contributed by atoms with Crippen molar-refractivity contribution in [3.63, 3.8) is 0 Å². The van der Waals surface area contributed by atoms with Crippen LogP contribution < -0.4 is 5.43 Å². The first-order valence-corrected chi connectivity index (χ1v) is 11.0. The van der Waals surface area contributed by atoms with Crippen LogP contribution in [-0.2, 0) is 0 Å². The lowest BCUT2D eigenvalue weighted by atomic mass is 10.1. The van der Waals surface area contributed by atoms with Gasteiger partial charge >= 0.3 is 0 Å². The van der Waals surface area contributed by atoms with Gasteiger partial charge in [-0.25, -0.2) is 14.8 Å². The van der Waals surface area contributed by atoms with E-state index in [1.807, 2.05) is 48.6 Å². The van der Waals surface area contributed by atoms with Crippen LogP contribution in [0, 0.1) is 5.82 Å². The normalized spacial score (nSPS) is 13.6. The molecular formula is C25H18ClFN6O. The molecule has 0 radical (unpaired) electrons. The molecule has 3 aromatic heterocycles. The molecular weight excluding hydrogens is 455 g/mol. The van der Waals surface area contributed by atoms with Crippen LogP contribution in [-0.4, -0.2) is 38.1 Å². The second kappa shape index (κ2) is 8.09. The van der Waals surface area contributed by atoms with Crippen molar-refractivity contribution in [3.8, 4) is 34.1 Å². The third kappa shape index (κ3) is 3.63. The standard InChI is InChI=1S/C25H18ClFN6O/c1-32-13-18(11-29-32)17-6-9-23-28-12-22(33(23)14-17)15-2-4-16(5-3-15)24-30-25(34-31-24)20-8-7-19(26)10-21(20)27/h2-10,12-14,29H,11H2,1H3. The Labute approximate surface area is 199 Å². The Balaban J connectivity index is 1.31. The summed E-state index contributed by atoms with van der Waals surface area (Å²) in [5.41, 5.74) is 9.42. The van der Waals surface area contributed by atoms with E-state index in [9.17, 15) is 4.39 Å². The quantitative estimate of drug-likeness (QED) is 0.382. The van der Waals surface area contributed by atoms with Crippen molar-refractivity contribution in [3.05, 3.63) is 89.6 Å². The van der Waals surface area contributed by atoms with Crippen LogP contribution in [0.15, 0.2) is 77.7 Å². The Morgan fingerprint density at radius 1 is 1.03 bits per heavy atom. The number of aromatic nitrogens is 4. The largest absolute Gasteiger partial charge is 0.334 e. The number of nitrogens with one attached hydrogen (secondary N) is 1. The second-order valence-corrected chi connectivity index (χ2v) is 8.45. The Morgan fingerprint density at radius 2 is 1.82 bits per heavy atom. The summed E-state index contributed by atoms with van der Waals surface area (Å²) >= 11 is 5.83. The van der Waals surface area contributed by atoms with Crippen molar-refractivity contribution < 1.29 is 8.91 Å². The van der Waals surface area contributed by atoms with Crippen molar-refractivity contribution in [2.75, 3.05) is 13.6 Å². The molecule has 1 aliphatic rings. The van der Waals surface area contributed by atoms with Crippen LogP contribution in [0.3, 0.4) is 0 Å². The Morgan fingerprint density at radius 3 is 2.59 bits per heavy atom. The molecule has 7 nitrogen and oxygen atoms in total. The fourth-order valence-corrected chi connectivity index (χ4v) is 4.16. The maximum atomic E-state index is 14.2. The molecule has 2 aromatic carbocycles. The molecule has 0 saturated carbocycles. The Bertz CT molecular complexity index is 1560. The molecule has 0 amide bonds. The van der Waals surface area contributed by atoms with Crippen molar-refractivity contribution in [1.82, 2.24) is 30.0 Å². The number of rotatable bonds is 4. The molecule has 168 valence electrons. The van der Waals surface area contributed by atoms with E-state index in [2.05, 4.69) is 43.4 Å². The summed E-state index contributed by atoms with van der Waals surface area (Å²) in [5.74, 6) is -0.0363. The molecule has 4 heterocycles. The van der Waals surface area contributed by atoms with Gasteiger partial charge < -0.3 is 9.53 Å². The summed E-state index contributed by atoms with van der Waals surface area (Å²) in [6.07, 6.45) is 6.04. The van der Waals surface area contributed by atoms with Gasteiger partial charge in [-0.05, 0) is 41.5 Å². The Kier molecular flexibility index (Phi) is 4.90. The molecule has 0 atom stereocenters. The van der Waals surface area contributed by atoms with Gasteiger partial charge in [0, 0.05) is 42.1 Å². The number of halogens is 2. The lowest BCUT2D eigenvalue weighted by molar-refractivity contribution is 0.374. The number of nitrogens with zero attached hydrogens (tertiary/aromatic N) is 5. The van der Waals surface area contributed by atoms with Gasteiger partial charge in [0.25, 0.3) is 5.89 Å². The van der Waals surface area contributed by atoms with E-state index in [-0.39, 0.29) is 11.5 Å². The zero-order valence-electron chi connectivity index (χ0n) is 18.0. The summed E-state index contributed by atoms with van der Waals surface area (Å²) in [6, 6.07) is 16.2. The highest BCUT2D eigenvalue weighted by Gasteiger charge is 2.16. The van der Waals surface area contributed by atoms with Crippen molar-refractivity contribution in [1.29, 1.82) is 0 Å². The van der Waals surface area contributed by atoms with Crippen LogP contribution in [0.1, 0.15) is 5.56 Å². The average molecular weight is 473 g/mol. The third-order valence-corrected chi connectivity index (χ3v) is 6.01. The van der Waals surface area contributed by atoms with E-state index in [0.717, 1.165) is 34.6 Å². The minimum atomic E-state index is -0.513. The number of benzene rings is 2. The van der Waals surface area contributed by atoms with Gasteiger partial charge in [-0.15, -0.1) is 0 Å². The number of fused-ring (bicyclic) bond motifs is 1. The number of hydrogen-bond acceptors (Lipinski definition) is 6. The summed E-state index contributed by atoms with van der Waals surface area (Å²) < 4.78 is 21.6. The van der Waals surface area contributed by atoms with Crippen molar-refractivity contribution >= 4 is 22.8 Å². The van der Waals surface area contributed by atoms with Gasteiger partial charge in [-0.1, -0.05) is 41.0 Å². The molecule has 1 aliphatic heterocycles. The molecule has 0 saturated heterocycles. The van der Waals surface area contributed by atoms with Gasteiger partial charge in [0.05, 0.1) is 17.5 Å². The van der Waals surface area contributed by atoms with Crippen LogP contribution in [0.5, 0.6) is 0 Å². The molecule has 0 fully saturated rings. The zero-order valence-corrected chi connectivity index (χ0v) is 18.8. The number of imidazole rings is 1. The number of pyridine rings is 1. The molecule has 0 unspecified atom stereocenters. The van der Waals surface area contributed by atoms with E-state index in [1.54, 1.807) is 6.07 Å². The maximum Gasteiger partial charge on any atom is 0.261 e. The highest BCUT2D eigenvalue weighted by atomic mass is 35.5. The fourth-order valence-electron chi connectivity index (χ4n) is 4.00. The lowest BCUT2D eigenvalue weighted by Gasteiger charge is -2.06. The fraction of sp³-hybridized carbons (Fsp3) is 0.0800. The van der Waals surface area contributed by atoms with Gasteiger partial charge in [-0.3, -0.25) is 4.40 Å². The second-order valence-electron chi connectivity index (χ2n) is 8.01. The average Bonchev–Trinajstić information content (AvgIpc) is 3.58. The number of hydrazine groups is 1. The molecule has 5 aromatic rings. The third-order valence-electron chi connectivity index (χ3n) is 5.77. The molecule has 0 bridgehead atoms. The van der Waals surface area contributed by atoms with Crippen molar-refractivity contribution in [2.24, 2.45) is 0 Å². The predicted molar refractivity (Wildman–Crippen MR) is 128 cm³/mol. The predicted octanol–water partition coefficient (Wildman–Crippen LogP) is 5.30. The molecule has 6 rings (SSSR count). The van der Waals surface area contributed by atoms with E-state index < -0.39 is 5.82 Å². The lowest BCUT2D eigenvalue weighted by Crippen LogP contribution is -2.23. The smallest absolute Gasteiger partial charge is 0.261 e.